The van der Waals surface area contributed by atoms with E-state index in [-0.39, 0.29) is 6.54 Å². The van der Waals surface area contributed by atoms with E-state index in [1.807, 2.05) is 24.3 Å². The number of hydrogen-bond donors (Lipinski definition) is 1. The van der Waals surface area contributed by atoms with Crippen LogP contribution in [0.5, 0.6) is 0 Å². The van der Waals surface area contributed by atoms with Crippen LogP contribution in [0.3, 0.4) is 0 Å². The number of halogens is 2. The van der Waals surface area contributed by atoms with Crippen molar-refractivity contribution in [1.29, 1.82) is 0 Å². The molecule has 2 rings (SSSR count). The topological polar surface area (TPSA) is 46.2 Å². The Morgan fingerprint density at radius 2 is 1.80 bits per heavy atom. The first-order valence-corrected chi connectivity index (χ1v) is 10.0. The van der Waals surface area contributed by atoms with E-state index in [9.17, 15) is 8.42 Å². The van der Waals surface area contributed by atoms with E-state index in [1.54, 1.807) is 13.0 Å². The van der Waals surface area contributed by atoms with Crippen LogP contribution in [0.25, 0.3) is 0 Å². The average molecular weight is 439 g/mol. The number of nitrogens with one attached hydrogen (secondary N) is 1. The normalized spacial score (nSPS) is 11.8. The van der Waals surface area contributed by atoms with E-state index in [0.29, 0.717) is 4.90 Å². The number of rotatable bonds is 5. The molecule has 3 nitrogen and oxygen atoms in total. The number of thiophene rings is 1. The smallest absolute Gasteiger partial charge is 0.207 e. The number of alkyl halides is 1. The minimum atomic E-state index is -3.46. The second-order valence-corrected chi connectivity index (χ2v) is 9.18. The third kappa shape index (κ3) is 3.92. The summed E-state index contributed by atoms with van der Waals surface area (Å²) < 4.78 is 27.9. The Morgan fingerprint density at radius 1 is 1.20 bits per heavy atom. The lowest BCUT2D eigenvalue weighted by Crippen LogP contribution is -2.23. The van der Waals surface area contributed by atoms with Crippen LogP contribution < -0.4 is 4.72 Å². The largest absolute Gasteiger partial charge is 0.242 e. The van der Waals surface area contributed by atoms with Crippen molar-refractivity contribution in [2.24, 2.45) is 0 Å². The molecule has 0 aliphatic heterocycles. The zero-order chi connectivity index (χ0) is 14.8. The lowest BCUT2D eigenvalue weighted by molar-refractivity contribution is 0.581. The Morgan fingerprint density at radius 3 is 2.30 bits per heavy atom. The van der Waals surface area contributed by atoms with E-state index in [1.165, 1.54) is 11.3 Å². The van der Waals surface area contributed by atoms with E-state index in [2.05, 4.69) is 36.6 Å². The van der Waals surface area contributed by atoms with Crippen LogP contribution >= 0.6 is 43.2 Å². The molecule has 0 spiro atoms. The molecular formula is C13H13Br2NO2S2. The average Bonchev–Trinajstić information content (AvgIpc) is 2.77. The van der Waals surface area contributed by atoms with Crippen molar-refractivity contribution in [1.82, 2.24) is 4.72 Å². The van der Waals surface area contributed by atoms with Gasteiger partial charge in [0.15, 0.2) is 0 Å². The molecule has 0 unspecified atom stereocenters. The van der Waals surface area contributed by atoms with Gasteiger partial charge >= 0.3 is 0 Å². The third-order valence-corrected chi connectivity index (χ3v) is 6.63. The second-order valence-electron chi connectivity index (χ2n) is 4.25. The van der Waals surface area contributed by atoms with E-state index in [0.717, 1.165) is 25.1 Å². The summed E-state index contributed by atoms with van der Waals surface area (Å²) in [5, 5.41) is 0.793. The van der Waals surface area contributed by atoms with Gasteiger partial charge in [0.05, 0.1) is 8.68 Å². The summed E-state index contributed by atoms with van der Waals surface area (Å²) in [4.78, 5) is 1.12. The molecule has 1 N–H and O–H groups in total. The molecule has 2 aromatic rings. The van der Waals surface area contributed by atoms with Gasteiger partial charge in [-0.15, -0.1) is 11.3 Å². The predicted molar refractivity (Wildman–Crippen MR) is 89.9 cm³/mol. The third-order valence-electron chi connectivity index (χ3n) is 2.78. The summed E-state index contributed by atoms with van der Waals surface area (Å²) in [6.07, 6.45) is 0. The van der Waals surface area contributed by atoms with Gasteiger partial charge in [-0.3, -0.25) is 0 Å². The van der Waals surface area contributed by atoms with Crippen LogP contribution in [0.1, 0.15) is 16.0 Å². The molecule has 0 radical (unpaired) electrons. The van der Waals surface area contributed by atoms with Gasteiger partial charge < -0.3 is 0 Å². The lowest BCUT2D eigenvalue weighted by atomic mass is 10.2. The highest BCUT2D eigenvalue weighted by molar-refractivity contribution is 9.11. The maximum atomic E-state index is 12.2. The van der Waals surface area contributed by atoms with Gasteiger partial charge in [-0.25, -0.2) is 13.1 Å². The van der Waals surface area contributed by atoms with Gasteiger partial charge in [0.25, 0.3) is 0 Å². The highest BCUT2D eigenvalue weighted by Gasteiger charge is 2.19. The number of hydrogen-bond acceptors (Lipinski definition) is 3. The second kappa shape index (κ2) is 6.70. The maximum Gasteiger partial charge on any atom is 0.242 e. The monoisotopic (exact) mass is 437 g/mol. The first-order chi connectivity index (χ1) is 9.42. The zero-order valence-corrected chi connectivity index (χ0v) is 15.5. The van der Waals surface area contributed by atoms with Gasteiger partial charge in [-0.05, 0) is 40.0 Å². The molecular weight excluding hydrogens is 426 g/mol. The van der Waals surface area contributed by atoms with Crippen molar-refractivity contribution < 1.29 is 8.42 Å². The molecule has 1 aromatic carbocycles. The summed E-state index contributed by atoms with van der Waals surface area (Å²) in [6, 6.07) is 9.44. The summed E-state index contributed by atoms with van der Waals surface area (Å²) >= 11 is 8.10. The predicted octanol–water partition coefficient (Wildman–Crippen LogP) is 4.19. The Bertz CT molecular complexity index is 694. The quantitative estimate of drug-likeness (QED) is 0.711. The Balaban J connectivity index is 2.11. The SMILES string of the molecule is Cc1sc(Br)cc1S(=O)(=O)NCc1ccc(CBr)cc1. The molecule has 1 aromatic heterocycles. The Labute approximate surface area is 139 Å². The Hall–Kier alpha value is -0.210. The van der Waals surface area contributed by atoms with Crippen LogP contribution in [-0.2, 0) is 21.9 Å². The van der Waals surface area contributed by atoms with Crippen LogP contribution in [0.4, 0.5) is 0 Å². The number of benzene rings is 1. The fourth-order valence-corrected chi connectivity index (χ4v) is 5.50. The summed E-state index contributed by atoms with van der Waals surface area (Å²) in [6.45, 7) is 2.09. The van der Waals surface area contributed by atoms with Gasteiger partial charge in [0.2, 0.25) is 10.0 Å². The van der Waals surface area contributed by atoms with Crippen molar-refractivity contribution in [3.05, 3.63) is 50.1 Å². The van der Waals surface area contributed by atoms with E-state index < -0.39 is 10.0 Å². The summed E-state index contributed by atoms with van der Waals surface area (Å²) in [5.41, 5.74) is 2.10. The van der Waals surface area contributed by atoms with E-state index >= 15 is 0 Å². The maximum absolute atomic E-state index is 12.2. The van der Waals surface area contributed by atoms with Crippen molar-refractivity contribution in [2.75, 3.05) is 0 Å². The van der Waals surface area contributed by atoms with Gasteiger partial charge in [0, 0.05) is 16.8 Å². The molecule has 1 heterocycles. The molecule has 0 bridgehead atoms. The van der Waals surface area contributed by atoms with Crippen molar-refractivity contribution in [2.45, 2.75) is 23.7 Å². The minimum Gasteiger partial charge on any atom is -0.207 e. The van der Waals surface area contributed by atoms with Gasteiger partial charge in [-0.1, -0.05) is 40.2 Å². The van der Waals surface area contributed by atoms with Crippen LogP contribution in [0.2, 0.25) is 0 Å². The molecule has 0 aliphatic rings. The van der Waals surface area contributed by atoms with Gasteiger partial charge in [0.1, 0.15) is 0 Å². The molecule has 0 amide bonds. The molecule has 0 saturated heterocycles. The molecule has 108 valence electrons. The number of sulfonamides is 1. The van der Waals surface area contributed by atoms with Crippen molar-refractivity contribution >= 4 is 53.2 Å². The summed E-state index contributed by atoms with van der Waals surface area (Å²) in [7, 11) is -3.46. The lowest BCUT2D eigenvalue weighted by Gasteiger charge is -2.07. The van der Waals surface area contributed by atoms with E-state index in [4.69, 9.17) is 0 Å². The highest BCUT2D eigenvalue weighted by atomic mass is 79.9. The fraction of sp³-hybridized carbons (Fsp3) is 0.231. The van der Waals surface area contributed by atoms with Crippen molar-refractivity contribution in [3.63, 3.8) is 0 Å². The molecule has 0 fully saturated rings. The molecule has 0 aliphatic carbocycles. The first kappa shape index (κ1) is 16.2. The number of aryl methyl sites for hydroxylation is 1. The molecule has 20 heavy (non-hydrogen) atoms. The minimum absolute atomic E-state index is 0.289. The zero-order valence-electron chi connectivity index (χ0n) is 10.7. The van der Waals surface area contributed by atoms with Crippen LogP contribution in [0.15, 0.2) is 39.0 Å². The Kier molecular flexibility index (Phi) is 5.42. The summed E-state index contributed by atoms with van der Waals surface area (Å²) in [5.74, 6) is 0. The fourth-order valence-electron chi connectivity index (χ4n) is 1.70. The van der Waals surface area contributed by atoms with Crippen LogP contribution in [0, 0.1) is 6.92 Å². The first-order valence-electron chi connectivity index (χ1n) is 5.82. The highest BCUT2D eigenvalue weighted by Crippen LogP contribution is 2.29. The molecule has 0 atom stereocenters. The standard InChI is InChI=1S/C13H13Br2NO2S2/c1-9-12(6-13(15)19-9)20(17,18)16-8-11-4-2-10(7-14)3-5-11/h2-6,16H,7-8H2,1H3. The molecule has 7 heteroatoms. The molecule has 0 saturated carbocycles. The van der Waals surface area contributed by atoms with Crippen molar-refractivity contribution in [3.8, 4) is 0 Å². The van der Waals surface area contributed by atoms with Crippen LogP contribution in [-0.4, -0.2) is 8.42 Å². The van der Waals surface area contributed by atoms with Gasteiger partial charge in [-0.2, -0.15) is 0 Å².